The molecule has 1 saturated heterocycles. The zero-order valence-electron chi connectivity index (χ0n) is 19.7. The number of carbonyl (C=O) groups excluding carboxylic acids is 3. The van der Waals surface area contributed by atoms with Gasteiger partial charge in [-0.3, -0.25) is 9.59 Å². The minimum absolute atomic E-state index is 0.0992. The number of aryl methyl sites for hydroxylation is 1. The Hall–Kier alpha value is -2.77. The number of nitrogens with zero attached hydrogens (tertiary/aromatic N) is 1. The lowest BCUT2D eigenvalue weighted by molar-refractivity contribution is -0.132. The molecule has 0 aliphatic carbocycles. The molecule has 8 heteroatoms. The van der Waals surface area contributed by atoms with Gasteiger partial charge < -0.3 is 25.0 Å². The van der Waals surface area contributed by atoms with Gasteiger partial charge in [0, 0.05) is 39.0 Å². The van der Waals surface area contributed by atoms with Crippen LogP contribution < -0.4 is 15.4 Å². The van der Waals surface area contributed by atoms with Crippen molar-refractivity contribution in [1.29, 1.82) is 0 Å². The fourth-order valence-electron chi connectivity index (χ4n) is 3.56. The molecule has 0 saturated carbocycles. The summed E-state index contributed by atoms with van der Waals surface area (Å²) in [5, 5.41) is 5.51. The fraction of sp³-hybridized carbons (Fsp3) is 0.625. The second-order valence-electron chi connectivity index (χ2n) is 9.16. The Morgan fingerprint density at radius 1 is 1.09 bits per heavy atom. The van der Waals surface area contributed by atoms with Gasteiger partial charge in [0.05, 0.1) is 7.11 Å². The molecule has 0 aromatic heterocycles. The van der Waals surface area contributed by atoms with Crippen molar-refractivity contribution in [3.63, 3.8) is 0 Å². The molecular weight excluding hydrogens is 410 g/mol. The van der Waals surface area contributed by atoms with Crippen LogP contribution in [0.5, 0.6) is 5.75 Å². The number of piperidine rings is 1. The van der Waals surface area contributed by atoms with Crippen molar-refractivity contribution in [2.75, 3.05) is 33.3 Å². The van der Waals surface area contributed by atoms with Crippen LogP contribution in [0, 0.1) is 5.92 Å². The van der Waals surface area contributed by atoms with E-state index in [1.54, 1.807) is 27.9 Å². The lowest BCUT2D eigenvalue weighted by Gasteiger charge is -2.32. The van der Waals surface area contributed by atoms with Crippen LogP contribution in [0.3, 0.4) is 0 Å². The highest BCUT2D eigenvalue weighted by Gasteiger charge is 2.23. The van der Waals surface area contributed by atoms with Crippen LogP contribution in [0.25, 0.3) is 0 Å². The lowest BCUT2D eigenvalue weighted by Crippen LogP contribution is -2.42. The van der Waals surface area contributed by atoms with Gasteiger partial charge in [-0.2, -0.15) is 0 Å². The highest BCUT2D eigenvalue weighted by atomic mass is 16.6. The first-order valence-corrected chi connectivity index (χ1v) is 11.3. The molecule has 2 rings (SSSR count). The summed E-state index contributed by atoms with van der Waals surface area (Å²) in [6, 6.07) is 7.80. The maximum absolute atomic E-state index is 12.5. The number of amides is 3. The van der Waals surface area contributed by atoms with E-state index in [9.17, 15) is 14.4 Å². The Bertz CT molecular complexity index is 767. The number of methoxy groups -OCH3 is 1. The van der Waals surface area contributed by atoms with Gasteiger partial charge in [-0.1, -0.05) is 12.1 Å². The molecule has 8 nitrogen and oxygen atoms in total. The standard InChI is InChI=1S/C24H37N3O5/c1-24(2,3)32-23(30)25-13-10-21(28)26-17-19-11-14-27(15-12-19)22(29)9-8-18-6-5-7-20(16-18)31-4/h5-7,16,19H,8-15,17H2,1-4H3,(H,25,30)(H,26,28). The Balaban J connectivity index is 1.59. The van der Waals surface area contributed by atoms with Gasteiger partial charge in [0.1, 0.15) is 11.4 Å². The number of rotatable bonds is 9. The van der Waals surface area contributed by atoms with Crippen molar-refractivity contribution < 1.29 is 23.9 Å². The second kappa shape index (κ2) is 12.3. The summed E-state index contributed by atoms with van der Waals surface area (Å²) in [5.74, 6) is 1.24. The van der Waals surface area contributed by atoms with Crippen molar-refractivity contribution in [2.24, 2.45) is 5.92 Å². The molecule has 0 atom stereocenters. The quantitative estimate of drug-likeness (QED) is 0.607. The molecule has 1 aliphatic rings. The van der Waals surface area contributed by atoms with Crippen LogP contribution in [0.2, 0.25) is 0 Å². The molecule has 1 aliphatic heterocycles. The van der Waals surface area contributed by atoms with E-state index in [0.717, 1.165) is 37.2 Å². The summed E-state index contributed by atoms with van der Waals surface area (Å²) in [6.45, 7) is 7.64. The van der Waals surface area contributed by atoms with E-state index in [4.69, 9.17) is 9.47 Å². The van der Waals surface area contributed by atoms with Gasteiger partial charge in [0.2, 0.25) is 11.8 Å². The van der Waals surface area contributed by atoms with E-state index < -0.39 is 11.7 Å². The Kier molecular flexibility index (Phi) is 9.81. The maximum Gasteiger partial charge on any atom is 0.407 e. The topological polar surface area (TPSA) is 97.0 Å². The first-order valence-electron chi connectivity index (χ1n) is 11.3. The van der Waals surface area contributed by atoms with Crippen molar-refractivity contribution >= 4 is 17.9 Å². The normalized spacial score (nSPS) is 14.6. The SMILES string of the molecule is COc1cccc(CCC(=O)N2CCC(CNC(=O)CCNC(=O)OC(C)(C)C)CC2)c1. The molecule has 2 N–H and O–H groups in total. The van der Waals surface area contributed by atoms with E-state index >= 15 is 0 Å². The zero-order valence-corrected chi connectivity index (χ0v) is 19.7. The average Bonchev–Trinajstić information content (AvgIpc) is 2.75. The summed E-state index contributed by atoms with van der Waals surface area (Å²) in [7, 11) is 1.64. The molecule has 32 heavy (non-hydrogen) atoms. The molecule has 1 fully saturated rings. The molecule has 0 bridgehead atoms. The number of ether oxygens (including phenoxy) is 2. The molecule has 1 heterocycles. The molecule has 0 radical (unpaired) electrons. The van der Waals surface area contributed by atoms with Crippen molar-refractivity contribution in [1.82, 2.24) is 15.5 Å². The predicted molar refractivity (Wildman–Crippen MR) is 122 cm³/mol. The van der Waals surface area contributed by atoms with Crippen LogP contribution >= 0.6 is 0 Å². The molecule has 1 aromatic carbocycles. The third kappa shape index (κ3) is 9.58. The number of nitrogens with one attached hydrogen (secondary N) is 2. The predicted octanol–water partition coefficient (Wildman–Crippen LogP) is 2.90. The smallest absolute Gasteiger partial charge is 0.407 e. The van der Waals surface area contributed by atoms with Gasteiger partial charge in [-0.05, 0) is 63.6 Å². The minimum atomic E-state index is -0.558. The number of alkyl carbamates (subject to hydrolysis) is 1. The summed E-state index contributed by atoms with van der Waals surface area (Å²) in [6.07, 6.45) is 2.63. The average molecular weight is 448 g/mol. The van der Waals surface area contributed by atoms with E-state index in [2.05, 4.69) is 10.6 Å². The second-order valence-corrected chi connectivity index (χ2v) is 9.16. The lowest BCUT2D eigenvalue weighted by atomic mass is 9.96. The number of hydrogen-bond donors (Lipinski definition) is 2. The van der Waals surface area contributed by atoms with Crippen LogP contribution in [0.15, 0.2) is 24.3 Å². The van der Waals surface area contributed by atoms with Gasteiger partial charge in [-0.25, -0.2) is 4.79 Å². The third-order valence-electron chi connectivity index (χ3n) is 5.34. The Morgan fingerprint density at radius 3 is 2.47 bits per heavy atom. The summed E-state index contributed by atoms with van der Waals surface area (Å²) < 4.78 is 10.4. The largest absolute Gasteiger partial charge is 0.497 e. The highest BCUT2D eigenvalue weighted by Crippen LogP contribution is 2.19. The number of carbonyl (C=O) groups is 3. The van der Waals surface area contributed by atoms with Crippen molar-refractivity contribution in [3.05, 3.63) is 29.8 Å². The first kappa shape index (κ1) is 25.5. The van der Waals surface area contributed by atoms with E-state index in [1.807, 2.05) is 29.2 Å². The Morgan fingerprint density at radius 2 is 1.81 bits per heavy atom. The minimum Gasteiger partial charge on any atom is -0.497 e. The zero-order chi connectivity index (χ0) is 23.6. The first-order chi connectivity index (χ1) is 15.2. The van der Waals surface area contributed by atoms with Crippen molar-refractivity contribution in [2.45, 2.75) is 58.5 Å². The van der Waals surface area contributed by atoms with Gasteiger partial charge in [-0.15, -0.1) is 0 Å². The molecule has 0 spiro atoms. The van der Waals surface area contributed by atoms with Crippen LogP contribution in [-0.4, -0.2) is 61.7 Å². The number of hydrogen-bond acceptors (Lipinski definition) is 5. The summed E-state index contributed by atoms with van der Waals surface area (Å²) in [4.78, 5) is 38.1. The number of likely N-dealkylation sites (tertiary alicyclic amines) is 1. The molecular formula is C24H37N3O5. The van der Waals surface area contributed by atoms with Crippen LogP contribution in [-0.2, 0) is 20.7 Å². The van der Waals surface area contributed by atoms with Gasteiger partial charge >= 0.3 is 6.09 Å². The third-order valence-corrected chi connectivity index (χ3v) is 5.34. The molecule has 0 unspecified atom stereocenters. The highest BCUT2D eigenvalue weighted by molar-refractivity contribution is 5.77. The van der Waals surface area contributed by atoms with E-state index in [0.29, 0.717) is 25.3 Å². The number of benzene rings is 1. The monoisotopic (exact) mass is 447 g/mol. The molecule has 3 amide bonds. The van der Waals surface area contributed by atoms with Crippen molar-refractivity contribution in [3.8, 4) is 5.75 Å². The van der Waals surface area contributed by atoms with Gasteiger partial charge in [0.25, 0.3) is 0 Å². The molecule has 178 valence electrons. The van der Waals surface area contributed by atoms with E-state index in [1.165, 1.54) is 0 Å². The maximum atomic E-state index is 12.5. The summed E-state index contributed by atoms with van der Waals surface area (Å²) >= 11 is 0. The van der Waals surface area contributed by atoms with Gasteiger partial charge in [0.15, 0.2) is 0 Å². The Labute approximate surface area is 191 Å². The molecule has 1 aromatic rings. The fourth-order valence-corrected chi connectivity index (χ4v) is 3.56. The van der Waals surface area contributed by atoms with Crippen LogP contribution in [0.1, 0.15) is 52.0 Å². The summed E-state index contributed by atoms with van der Waals surface area (Å²) in [5.41, 5.74) is 0.536. The van der Waals surface area contributed by atoms with Crippen LogP contribution in [0.4, 0.5) is 4.79 Å². The van der Waals surface area contributed by atoms with E-state index in [-0.39, 0.29) is 24.8 Å².